The molecule has 0 radical (unpaired) electrons. The average Bonchev–Trinajstić information content (AvgIpc) is 2.84. The van der Waals surface area contributed by atoms with Crippen molar-refractivity contribution < 1.29 is 14.7 Å². The van der Waals surface area contributed by atoms with Gasteiger partial charge in [-0.15, -0.1) is 0 Å². The number of amides is 1. The van der Waals surface area contributed by atoms with Crippen molar-refractivity contribution in [2.24, 2.45) is 7.05 Å². The first kappa shape index (κ1) is 10.7. The Kier molecular flexibility index (Phi) is 2.64. The molecule has 6 heteroatoms. The maximum absolute atomic E-state index is 12.0. The average molecular weight is 223 g/mol. The molecule has 1 aromatic rings. The van der Waals surface area contributed by atoms with Gasteiger partial charge in [0.2, 0.25) is 0 Å². The molecule has 0 spiro atoms. The smallest absolute Gasteiger partial charge is 0.326 e. The number of carbonyl (C=O) groups excluding carboxylic acids is 1. The number of aliphatic carboxylic acids is 1. The van der Waals surface area contributed by atoms with E-state index in [2.05, 4.69) is 4.98 Å². The molecular formula is C10H13N3O3. The molecule has 1 amide bonds. The van der Waals surface area contributed by atoms with Crippen LogP contribution in [0, 0.1) is 0 Å². The van der Waals surface area contributed by atoms with E-state index >= 15 is 0 Å². The summed E-state index contributed by atoms with van der Waals surface area (Å²) in [5.74, 6) is -1.24. The molecule has 1 N–H and O–H groups in total. The fourth-order valence-electron chi connectivity index (χ4n) is 1.94. The highest BCUT2D eigenvalue weighted by Gasteiger charge is 2.35. The zero-order valence-electron chi connectivity index (χ0n) is 8.96. The second-order valence-corrected chi connectivity index (χ2v) is 3.92. The molecule has 0 aromatic carbocycles. The molecule has 2 rings (SSSR count). The van der Waals surface area contributed by atoms with Crippen molar-refractivity contribution in [3.05, 3.63) is 18.2 Å². The van der Waals surface area contributed by atoms with E-state index < -0.39 is 12.0 Å². The van der Waals surface area contributed by atoms with Crippen molar-refractivity contribution >= 4 is 11.9 Å². The number of likely N-dealkylation sites (tertiary alicyclic amines) is 1. The van der Waals surface area contributed by atoms with E-state index in [0.29, 0.717) is 18.7 Å². The third-order valence-corrected chi connectivity index (χ3v) is 2.72. The summed E-state index contributed by atoms with van der Waals surface area (Å²) in [5, 5.41) is 8.97. The number of aryl methyl sites for hydroxylation is 1. The number of hydrogen-bond donors (Lipinski definition) is 1. The maximum atomic E-state index is 12.0. The Labute approximate surface area is 92.5 Å². The van der Waals surface area contributed by atoms with Crippen molar-refractivity contribution in [1.29, 1.82) is 0 Å². The third kappa shape index (κ3) is 1.78. The van der Waals surface area contributed by atoms with E-state index in [1.165, 1.54) is 11.2 Å². The number of imidazole rings is 1. The van der Waals surface area contributed by atoms with Crippen LogP contribution in [-0.4, -0.2) is 44.0 Å². The minimum absolute atomic E-state index is 0.300. The van der Waals surface area contributed by atoms with Gasteiger partial charge in [0.15, 0.2) is 0 Å². The van der Waals surface area contributed by atoms with Gasteiger partial charge in [0.25, 0.3) is 5.91 Å². The molecule has 86 valence electrons. The largest absolute Gasteiger partial charge is 0.480 e. The second-order valence-electron chi connectivity index (χ2n) is 3.92. The van der Waals surface area contributed by atoms with Crippen molar-refractivity contribution in [2.75, 3.05) is 6.54 Å². The van der Waals surface area contributed by atoms with E-state index in [1.807, 2.05) is 0 Å². The normalized spacial score (nSPS) is 20.1. The van der Waals surface area contributed by atoms with E-state index in [4.69, 9.17) is 5.11 Å². The van der Waals surface area contributed by atoms with Crippen LogP contribution >= 0.6 is 0 Å². The molecule has 2 heterocycles. The van der Waals surface area contributed by atoms with E-state index in [9.17, 15) is 9.59 Å². The van der Waals surface area contributed by atoms with Crippen molar-refractivity contribution in [2.45, 2.75) is 18.9 Å². The SMILES string of the molecule is Cn1cnc(C(=O)N2CCC[C@H]2C(=O)O)c1. The van der Waals surface area contributed by atoms with Crippen LogP contribution < -0.4 is 0 Å². The standard InChI is InChI=1S/C10H13N3O3/c1-12-5-7(11-6-12)9(14)13-4-2-3-8(13)10(15)16/h5-6,8H,2-4H2,1H3,(H,15,16)/t8-/m0/s1. The van der Waals surface area contributed by atoms with Gasteiger partial charge in [0.1, 0.15) is 11.7 Å². The van der Waals surface area contributed by atoms with Gasteiger partial charge < -0.3 is 14.6 Å². The van der Waals surface area contributed by atoms with Crippen LogP contribution in [0.25, 0.3) is 0 Å². The van der Waals surface area contributed by atoms with Gasteiger partial charge in [-0.3, -0.25) is 4.79 Å². The number of carbonyl (C=O) groups is 2. The van der Waals surface area contributed by atoms with Crippen molar-refractivity contribution in [1.82, 2.24) is 14.5 Å². The van der Waals surface area contributed by atoms with Crippen LogP contribution in [0.3, 0.4) is 0 Å². The first-order valence-corrected chi connectivity index (χ1v) is 5.11. The number of carboxylic acids is 1. The van der Waals surface area contributed by atoms with E-state index in [1.54, 1.807) is 17.8 Å². The summed E-state index contributed by atoms with van der Waals surface area (Å²) in [5.41, 5.74) is 0.302. The zero-order valence-corrected chi connectivity index (χ0v) is 8.96. The predicted molar refractivity (Wildman–Crippen MR) is 54.9 cm³/mol. The van der Waals surface area contributed by atoms with Gasteiger partial charge in [0.05, 0.1) is 6.33 Å². The lowest BCUT2D eigenvalue weighted by atomic mass is 10.2. The summed E-state index contributed by atoms with van der Waals surface area (Å²) in [6, 6.07) is -0.700. The summed E-state index contributed by atoms with van der Waals surface area (Å²) in [4.78, 5) is 28.2. The molecule has 1 aliphatic rings. The Morgan fingerprint density at radius 2 is 2.31 bits per heavy atom. The number of nitrogens with zero attached hydrogens (tertiary/aromatic N) is 3. The summed E-state index contributed by atoms with van der Waals surface area (Å²) < 4.78 is 1.67. The second kappa shape index (κ2) is 3.96. The highest BCUT2D eigenvalue weighted by Crippen LogP contribution is 2.19. The molecule has 1 fully saturated rings. The minimum atomic E-state index is -0.943. The van der Waals surface area contributed by atoms with Gasteiger partial charge in [-0.2, -0.15) is 0 Å². The monoisotopic (exact) mass is 223 g/mol. The van der Waals surface area contributed by atoms with Crippen molar-refractivity contribution in [3.8, 4) is 0 Å². The number of aromatic nitrogens is 2. The summed E-state index contributed by atoms with van der Waals surface area (Å²) in [6.45, 7) is 0.492. The molecular weight excluding hydrogens is 210 g/mol. The van der Waals surface area contributed by atoms with Crippen LogP contribution in [0.1, 0.15) is 23.3 Å². The lowest BCUT2D eigenvalue weighted by molar-refractivity contribution is -0.141. The fourth-order valence-corrected chi connectivity index (χ4v) is 1.94. The molecule has 1 aliphatic heterocycles. The quantitative estimate of drug-likeness (QED) is 0.772. The lowest BCUT2D eigenvalue weighted by Gasteiger charge is -2.19. The van der Waals surface area contributed by atoms with Crippen LogP contribution in [0.5, 0.6) is 0 Å². The van der Waals surface area contributed by atoms with E-state index in [-0.39, 0.29) is 5.91 Å². The first-order chi connectivity index (χ1) is 7.59. The third-order valence-electron chi connectivity index (χ3n) is 2.72. The van der Waals surface area contributed by atoms with E-state index in [0.717, 1.165) is 6.42 Å². The Morgan fingerprint density at radius 3 is 2.88 bits per heavy atom. The lowest BCUT2D eigenvalue weighted by Crippen LogP contribution is -2.40. The maximum Gasteiger partial charge on any atom is 0.326 e. The number of carboxylic acid groups (broad SMARTS) is 1. The Bertz CT molecular complexity index is 427. The minimum Gasteiger partial charge on any atom is -0.480 e. The van der Waals surface area contributed by atoms with Crippen LogP contribution in [-0.2, 0) is 11.8 Å². The highest BCUT2D eigenvalue weighted by atomic mass is 16.4. The molecule has 1 saturated heterocycles. The van der Waals surface area contributed by atoms with Gasteiger partial charge in [0, 0.05) is 19.8 Å². The summed E-state index contributed by atoms with van der Waals surface area (Å²) in [7, 11) is 1.77. The van der Waals surface area contributed by atoms with Crippen LogP contribution in [0.15, 0.2) is 12.5 Å². The molecule has 1 atom stereocenters. The summed E-state index contributed by atoms with van der Waals surface area (Å²) >= 11 is 0. The fraction of sp³-hybridized carbons (Fsp3) is 0.500. The molecule has 0 bridgehead atoms. The molecule has 1 aromatic heterocycles. The molecule has 0 saturated carbocycles. The topological polar surface area (TPSA) is 75.4 Å². The zero-order chi connectivity index (χ0) is 11.7. The number of hydrogen-bond acceptors (Lipinski definition) is 3. The molecule has 6 nitrogen and oxygen atoms in total. The van der Waals surface area contributed by atoms with Gasteiger partial charge >= 0.3 is 5.97 Å². The Balaban J connectivity index is 2.18. The molecule has 0 aliphatic carbocycles. The molecule has 16 heavy (non-hydrogen) atoms. The highest BCUT2D eigenvalue weighted by molar-refractivity contribution is 5.95. The summed E-state index contributed by atoms with van der Waals surface area (Å²) in [6.07, 6.45) is 4.38. The molecule has 0 unspecified atom stereocenters. The van der Waals surface area contributed by atoms with Crippen LogP contribution in [0.2, 0.25) is 0 Å². The first-order valence-electron chi connectivity index (χ1n) is 5.11. The van der Waals surface area contributed by atoms with Crippen LogP contribution in [0.4, 0.5) is 0 Å². The Hall–Kier alpha value is -1.85. The predicted octanol–water partition coefficient (Wildman–Crippen LogP) is 0.109. The van der Waals surface area contributed by atoms with Gasteiger partial charge in [-0.25, -0.2) is 9.78 Å². The van der Waals surface area contributed by atoms with Gasteiger partial charge in [-0.1, -0.05) is 0 Å². The van der Waals surface area contributed by atoms with Gasteiger partial charge in [-0.05, 0) is 12.8 Å². The van der Waals surface area contributed by atoms with Crippen molar-refractivity contribution in [3.63, 3.8) is 0 Å². The number of rotatable bonds is 2. The Morgan fingerprint density at radius 1 is 1.56 bits per heavy atom.